The third-order valence-electron chi connectivity index (χ3n) is 1.60. The molecule has 0 aromatic carbocycles. The summed E-state index contributed by atoms with van der Waals surface area (Å²) in [5.74, 6) is -1.13. The molecular formula is C7H9O2Tl. The molecule has 0 spiro atoms. The van der Waals surface area contributed by atoms with Gasteiger partial charge in [0.2, 0.25) is 0 Å². The second kappa shape index (κ2) is 4.87. The maximum absolute atomic E-state index is 10.2. The Hall–Kier alpha value is 0.132. The summed E-state index contributed by atoms with van der Waals surface area (Å²) in [7, 11) is 0. The van der Waals surface area contributed by atoms with Crippen LogP contribution in [0, 0.1) is 5.92 Å². The van der Waals surface area contributed by atoms with Gasteiger partial charge in [0.15, 0.2) is 0 Å². The van der Waals surface area contributed by atoms with Gasteiger partial charge in [-0.05, 0) is 19.3 Å². The van der Waals surface area contributed by atoms with Crippen LogP contribution in [-0.2, 0) is 4.79 Å². The Bertz CT molecular complexity index is 143. The molecule has 0 saturated carbocycles. The first-order valence-electron chi connectivity index (χ1n) is 3.16. The van der Waals surface area contributed by atoms with Crippen LogP contribution in [0.1, 0.15) is 19.3 Å². The molecule has 1 rings (SSSR count). The van der Waals surface area contributed by atoms with Crippen molar-refractivity contribution in [2.24, 2.45) is 5.92 Å². The Labute approximate surface area is 80.5 Å². The van der Waals surface area contributed by atoms with Crippen LogP contribution in [0.25, 0.3) is 0 Å². The molecule has 10 heavy (non-hydrogen) atoms. The first kappa shape index (κ1) is 10.1. The largest absolute Gasteiger partial charge is 1.00 e. The molecule has 52 valence electrons. The van der Waals surface area contributed by atoms with Crippen LogP contribution in [0.15, 0.2) is 12.2 Å². The molecule has 1 unspecified atom stereocenters. The SMILES string of the molecule is O=C([O-])C1CC=CCC1.[Tl+]. The summed E-state index contributed by atoms with van der Waals surface area (Å²) in [4.78, 5) is 10.2. The van der Waals surface area contributed by atoms with Crippen LogP contribution in [0.3, 0.4) is 0 Å². The van der Waals surface area contributed by atoms with Gasteiger partial charge in [-0.25, -0.2) is 0 Å². The number of carboxylic acid groups (broad SMARTS) is 1. The van der Waals surface area contributed by atoms with Crippen molar-refractivity contribution in [3.05, 3.63) is 12.2 Å². The molecule has 0 amide bonds. The molecule has 1 atom stereocenters. The van der Waals surface area contributed by atoms with E-state index in [0.29, 0.717) is 6.42 Å². The van der Waals surface area contributed by atoms with Crippen LogP contribution >= 0.6 is 0 Å². The Morgan fingerprint density at radius 2 is 2.20 bits per heavy atom. The predicted octanol–water partition coefficient (Wildman–Crippen LogP) is -0.288. The molecule has 1 aliphatic carbocycles. The van der Waals surface area contributed by atoms with E-state index in [2.05, 4.69) is 0 Å². The Morgan fingerprint density at radius 1 is 1.50 bits per heavy atom. The minimum absolute atomic E-state index is 0. The second-order valence-corrected chi connectivity index (χ2v) is 2.30. The van der Waals surface area contributed by atoms with Crippen molar-refractivity contribution in [2.45, 2.75) is 19.3 Å². The third-order valence-corrected chi connectivity index (χ3v) is 1.60. The van der Waals surface area contributed by atoms with Crippen molar-refractivity contribution in [2.75, 3.05) is 0 Å². The Morgan fingerprint density at radius 3 is 2.50 bits per heavy atom. The standard InChI is InChI=1S/C7H10O2.Tl/c8-7(9)6-4-2-1-3-5-6;/h1-2,6H,3-5H2,(H,8,9);/q;+1/p-1. The van der Waals surface area contributed by atoms with Gasteiger partial charge in [0, 0.05) is 11.9 Å². The molecule has 2 nitrogen and oxygen atoms in total. The fraction of sp³-hybridized carbons (Fsp3) is 0.571. The molecule has 3 heteroatoms. The molecular weight excluding hydrogens is 320 g/mol. The molecule has 1 aliphatic rings. The van der Waals surface area contributed by atoms with Crippen LogP contribution < -0.4 is 5.11 Å². The number of rotatable bonds is 1. The van der Waals surface area contributed by atoms with Crippen molar-refractivity contribution in [3.63, 3.8) is 0 Å². The number of hydrogen-bond donors (Lipinski definition) is 0. The zero-order valence-corrected chi connectivity index (χ0v) is 10.2. The molecule has 0 N–H and O–H groups in total. The van der Waals surface area contributed by atoms with Gasteiger partial charge < -0.3 is 9.90 Å². The van der Waals surface area contributed by atoms with E-state index >= 15 is 0 Å². The van der Waals surface area contributed by atoms with E-state index in [1.54, 1.807) is 0 Å². The minimum Gasteiger partial charge on any atom is -0.550 e. The minimum atomic E-state index is -0.903. The first-order chi connectivity index (χ1) is 4.30. The van der Waals surface area contributed by atoms with Crippen LogP contribution in [0.4, 0.5) is 0 Å². The summed E-state index contributed by atoms with van der Waals surface area (Å²) in [5.41, 5.74) is 0. The summed E-state index contributed by atoms with van der Waals surface area (Å²) in [6.07, 6.45) is 6.21. The van der Waals surface area contributed by atoms with E-state index in [9.17, 15) is 9.90 Å². The fourth-order valence-corrected chi connectivity index (χ4v) is 1.01. The quantitative estimate of drug-likeness (QED) is 0.490. The van der Waals surface area contributed by atoms with E-state index in [4.69, 9.17) is 0 Å². The van der Waals surface area contributed by atoms with E-state index in [0.717, 1.165) is 12.8 Å². The Balaban J connectivity index is 0.000000810. The zero-order valence-electron chi connectivity index (χ0n) is 5.75. The molecule has 0 bridgehead atoms. The number of aliphatic carboxylic acids is 1. The molecule has 0 aromatic rings. The normalized spacial score (nSPS) is 23.4. The number of carbonyl (C=O) groups is 1. The number of carbonyl (C=O) groups excluding carboxylic acids is 1. The topological polar surface area (TPSA) is 40.1 Å². The maximum Gasteiger partial charge on any atom is 1.00 e. The monoisotopic (exact) mass is 330 g/mol. The molecule has 0 heterocycles. The van der Waals surface area contributed by atoms with Gasteiger partial charge in [0.1, 0.15) is 0 Å². The van der Waals surface area contributed by atoms with Gasteiger partial charge in [-0.1, -0.05) is 12.2 Å². The van der Waals surface area contributed by atoms with Gasteiger partial charge in [-0.3, -0.25) is 0 Å². The maximum atomic E-state index is 10.2. The fourth-order valence-electron chi connectivity index (χ4n) is 1.01. The van der Waals surface area contributed by atoms with E-state index in [1.807, 2.05) is 12.2 Å². The average molecular weight is 330 g/mol. The van der Waals surface area contributed by atoms with Gasteiger partial charge in [0.05, 0.1) is 0 Å². The van der Waals surface area contributed by atoms with Gasteiger partial charge >= 0.3 is 27.3 Å². The van der Waals surface area contributed by atoms with Gasteiger partial charge in [0.25, 0.3) is 0 Å². The summed E-state index contributed by atoms with van der Waals surface area (Å²) < 4.78 is 0. The summed E-state index contributed by atoms with van der Waals surface area (Å²) in [6.45, 7) is 0. The molecule has 0 aliphatic heterocycles. The van der Waals surface area contributed by atoms with Crippen LogP contribution in [-0.4, -0.2) is 33.3 Å². The van der Waals surface area contributed by atoms with Crippen LogP contribution in [0.5, 0.6) is 0 Å². The zero-order chi connectivity index (χ0) is 6.69. The summed E-state index contributed by atoms with van der Waals surface area (Å²) in [5, 5.41) is 10.2. The number of carboxylic acids is 1. The van der Waals surface area contributed by atoms with Crippen molar-refractivity contribution in [1.82, 2.24) is 0 Å². The molecule has 0 fully saturated rings. The van der Waals surface area contributed by atoms with Gasteiger partial charge in [-0.2, -0.15) is 0 Å². The smallest absolute Gasteiger partial charge is 0.550 e. The van der Waals surface area contributed by atoms with Crippen molar-refractivity contribution >= 4 is 33.3 Å². The van der Waals surface area contributed by atoms with E-state index < -0.39 is 5.97 Å². The van der Waals surface area contributed by atoms with Crippen molar-refractivity contribution < 1.29 is 9.90 Å². The predicted molar refractivity (Wildman–Crippen MR) is 37.2 cm³/mol. The third kappa shape index (κ3) is 2.81. The Kier molecular flexibility index (Phi) is 4.94. The van der Waals surface area contributed by atoms with Crippen molar-refractivity contribution in [1.29, 1.82) is 0 Å². The van der Waals surface area contributed by atoms with Gasteiger partial charge in [-0.15, -0.1) is 0 Å². The second-order valence-electron chi connectivity index (χ2n) is 2.30. The average Bonchev–Trinajstić information content (AvgIpc) is 1.90. The number of hydrogen-bond acceptors (Lipinski definition) is 2. The first-order valence-corrected chi connectivity index (χ1v) is 3.16. The van der Waals surface area contributed by atoms with E-state index in [-0.39, 0.29) is 33.2 Å². The molecule has 0 radical (unpaired) electrons. The number of allylic oxidation sites excluding steroid dienone is 2. The molecule has 0 aromatic heterocycles. The van der Waals surface area contributed by atoms with Crippen LogP contribution in [0.2, 0.25) is 0 Å². The van der Waals surface area contributed by atoms with Crippen molar-refractivity contribution in [3.8, 4) is 0 Å². The summed E-state index contributed by atoms with van der Waals surface area (Å²) >= 11 is 0. The summed E-state index contributed by atoms with van der Waals surface area (Å²) in [6, 6.07) is 0. The van der Waals surface area contributed by atoms with E-state index in [1.165, 1.54) is 0 Å². The molecule has 0 saturated heterocycles.